The average Bonchev–Trinajstić information content (AvgIpc) is 2.47. The van der Waals surface area contributed by atoms with Crippen LogP contribution in [-0.2, 0) is 12.8 Å². The van der Waals surface area contributed by atoms with Gasteiger partial charge in [-0.2, -0.15) is 0 Å². The van der Waals surface area contributed by atoms with Gasteiger partial charge < -0.3 is 9.84 Å². The lowest BCUT2D eigenvalue weighted by atomic mass is 9.92. The van der Waals surface area contributed by atoms with Gasteiger partial charge in [0, 0.05) is 6.07 Å². The van der Waals surface area contributed by atoms with Crippen LogP contribution in [0.4, 0.5) is 0 Å². The zero-order valence-corrected chi connectivity index (χ0v) is 11.9. The predicted octanol–water partition coefficient (Wildman–Crippen LogP) is 3.76. The highest BCUT2D eigenvalue weighted by Crippen LogP contribution is 2.28. The summed E-state index contributed by atoms with van der Waals surface area (Å²) in [4.78, 5) is 15.2. The molecule has 4 heteroatoms. The van der Waals surface area contributed by atoms with E-state index in [1.807, 2.05) is 6.07 Å². The molecular formula is C17H17NO3. The van der Waals surface area contributed by atoms with E-state index in [1.165, 1.54) is 30.0 Å². The lowest BCUT2D eigenvalue weighted by Gasteiger charge is -2.16. The lowest BCUT2D eigenvalue weighted by Crippen LogP contribution is -2.04. The zero-order chi connectivity index (χ0) is 14.8. The molecule has 1 aromatic carbocycles. The quantitative estimate of drug-likeness (QED) is 0.931. The summed E-state index contributed by atoms with van der Waals surface area (Å²) < 4.78 is 5.76. The van der Waals surface area contributed by atoms with Crippen molar-refractivity contribution in [2.45, 2.75) is 32.6 Å². The number of carboxylic acids is 1. The first-order chi connectivity index (χ1) is 10.1. The minimum Gasteiger partial charge on any atom is -0.478 e. The zero-order valence-electron chi connectivity index (χ0n) is 11.9. The van der Waals surface area contributed by atoms with Crippen LogP contribution in [0.25, 0.3) is 0 Å². The molecule has 2 aromatic rings. The smallest absolute Gasteiger partial charge is 0.337 e. The highest BCUT2D eigenvalue weighted by molar-refractivity contribution is 5.88. The number of nitrogens with zero attached hydrogens (tertiary/aromatic N) is 1. The summed E-state index contributed by atoms with van der Waals surface area (Å²) in [5.41, 5.74) is 3.40. The maximum atomic E-state index is 11.0. The number of benzene rings is 1. The summed E-state index contributed by atoms with van der Waals surface area (Å²) in [5, 5.41) is 9.00. The van der Waals surface area contributed by atoms with E-state index < -0.39 is 5.97 Å². The molecule has 108 valence electrons. The molecular weight excluding hydrogens is 266 g/mol. The highest BCUT2D eigenvalue weighted by atomic mass is 16.5. The summed E-state index contributed by atoms with van der Waals surface area (Å²) in [6, 6.07) is 9.25. The van der Waals surface area contributed by atoms with Crippen LogP contribution in [-0.4, -0.2) is 16.1 Å². The van der Waals surface area contributed by atoms with E-state index in [0.29, 0.717) is 11.6 Å². The van der Waals surface area contributed by atoms with Crippen LogP contribution in [0.3, 0.4) is 0 Å². The van der Waals surface area contributed by atoms with Gasteiger partial charge in [0.2, 0.25) is 5.88 Å². The fourth-order valence-electron chi connectivity index (χ4n) is 2.71. The molecule has 0 spiro atoms. The molecule has 1 N–H and O–H groups in total. The Hall–Kier alpha value is -2.36. The van der Waals surface area contributed by atoms with Crippen molar-refractivity contribution in [3.8, 4) is 11.6 Å². The summed E-state index contributed by atoms with van der Waals surface area (Å²) in [5.74, 6) is 0.208. The molecule has 0 atom stereocenters. The number of rotatable bonds is 3. The predicted molar refractivity (Wildman–Crippen MR) is 79.1 cm³/mol. The van der Waals surface area contributed by atoms with Gasteiger partial charge in [-0.25, -0.2) is 9.78 Å². The van der Waals surface area contributed by atoms with Gasteiger partial charge in [-0.05, 0) is 61.9 Å². The molecule has 0 aliphatic heterocycles. The van der Waals surface area contributed by atoms with E-state index in [1.54, 1.807) is 13.0 Å². The van der Waals surface area contributed by atoms with Crippen molar-refractivity contribution < 1.29 is 14.6 Å². The molecule has 4 nitrogen and oxygen atoms in total. The fourth-order valence-corrected chi connectivity index (χ4v) is 2.71. The lowest BCUT2D eigenvalue weighted by molar-refractivity contribution is 0.0695. The van der Waals surface area contributed by atoms with E-state index in [-0.39, 0.29) is 5.56 Å². The highest BCUT2D eigenvalue weighted by Gasteiger charge is 2.12. The van der Waals surface area contributed by atoms with Crippen molar-refractivity contribution in [1.82, 2.24) is 4.98 Å². The van der Waals surface area contributed by atoms with Crippen LogP contribution in [0, 0.1) is 6.92 Å². The van der Waals surface area contributed by atoms with Crippen LogP contribution < -0.4 is 4.74 Å². The van der Waals surface area contributed by atoms with Gasteiger partial charge in [-0.15, -0.1) is 0 Å². The Morgan fingerprint density at radius 1 is 1.14 bits per heavy atom. The second-order valence-electron chi connectivity index (χ2n) is 5.33. The van der Waals surface area contributed by atoms with Gasteiger partial charge >= 0.3 is 5.97 Å². The number of carboxylic acid groups (broad SMARTS) is 1. The third kappa shape index (κ3) is 2.89. The molecule has 0 radical (unpaired) electrons. The monoisotopic (exact) mass is 283 g/mol. The maximum absolute atomic E-state index is 11.0. The molecule has 0 amide bonds. The first-order valence-corrected chi connectivity index (χ1v) is 7.14. The minimum atomic E-state index is -0.972. The first-order valence-electron chi connectivity index (χ1n) is 7.14. The van der Waals surface area contributed by atoms with Gasteiger partial charge in [0.1, 0.15) is 5.75 Å². The van der Waals surface area contributed by atoms with Crippen LogP contribution in [0.1, 0.15) is 40.0 Å². The van der Waals surface area contributed by atoms with E-state index >= 15 is 0 Å². The Balaban J connectivity index is 1.83. The van der Waals surface area contributed by atoms with Gasteiger partial charge in [0.05, 0.1) is 11.3 Å². The van der Waals surface area contributed by atoms with Crippen LogP contribution in [0.5, 0.6) is 11.6 Å². The van der Waals surface area contributed by atoms with Crippen molar-refractivity contribution in [1.29, 1.82) is 0 Å². The second-order valence-corrected chi connectivity index (χ2v) is 5.33. The maximum Gasteiger partial charge on any atom is 0.337 e. The second kappa shape index (κ2) is 5.56. The summed E-state index contributed by atoms with van der Waals surface area (Å²) in [6.07, 6.45) is 4.71. The molecule has 0 saturated carbocycles. The van der Waals surface area contributed by atoms with Crippen molar-refractivity contribution in [3.63, 3.8) is 0 Å². The topological polar surface area (TPSA) is 59.4 Å². The summed E-state index contributed by atoms with van der Waals surface area (Å²) in [7, 11) is 0. The number of aryl methyl sites for hydroxylation is 3. The standard InChI is InChI=1S/C17H17NO3/c1-11-15(17(19)20)8-9-16(18-11)21-14-7-6-12-4-2-3-5-13(12)10-14/h6-10H,2-5H2,1H3,(H,19,20). The normalized spacial score (nSPS) is 13.6. The Morgan fingerprint density at radius 2 is 1.90 bits per heavy atom. The Labute approximate surface area is 123 Å². The van der Waals surface area contributed by atoms with Gasteiger partial charge in [0.15, 0.2) is 0 Å². The molecule has 1 aliphatic carbocycles. The molecule has 0 fully saturated rings. The number of aromatic carboxylic acids is 1. The Bertz CT molecular complexity index is 694. The molecule has 1 aromatic heterocycles. The van der Waals surface area contributed by atoms with Gasteiger partial charge in [-0.1, -0.05) is 6.07 Å². The number of carbonyl (C=O) groups is 1. The molecule has 3 rings (SSSR count). The van der Waals surface area contributed by atoms with Crippen molar-refractivity contribution in [2.75, 3.05) is 0 Å². The first kappa shape index (κ1) is 13.6. The third-order valence-electron chi connectivity index (χ3n) is 3.83. The molecule has 1 heterocycles. The van der Waals surface area contributed by atoms with Crippen LogP contribution in [0.15, 0.2) is 30.3 Å². The Morgan fingerprint density at radius 3 is 2.62 bits per heavy atom. The van der Waals surface area contributed by atoms with Gasteiger partial charge in [0.25, 0.3) is 0 Å². The van der Waals surface area contributed by atoms with Crippen LogP contribution >= 0.6 is 0 Å². The van der Waals surface area contributed by atoms with E-state index in [9.17, 15) is 4.79 Å². The average molecular weight is 283 g/mol. The summed E-state index contributed by atoms with van der Waals surface area (Å²) >= 11 is 0. The number of pyridine rings is 1. The molecule has 21 heavy (non-hydrogen) atoms. The van der Waals surface area contributed by atoms with Crippen LogP contribution in [0.2, 0.25) is 0 Å². The fraction of sp³-hybridized carbons (Fsp3) is 0.294. The van der Waals surface area contributed by atoms with Gasteiger partial charge in [-0.3, -0.25) is 0 Å². The van der Waals surface area contributed by atoms with Crippen molar-refractivity contribution in [3.05, 3.63) is 52.7 Å². The number of aromatic nitrogens is 1. The Kier molecular flexibility index (Phi) is 3.60. The summed E-state index contributed by atoms with van der Waals surface area (Å²) in [6.45, 7) is 1.67. The minimum absolute atomic E-state index is 0.202. The van der Waals surface area contributed by atoms with E-state index in [0.717, 1.165) is 18.6 Å². The van der Waals surface area contributed by atoms with E-state index in [4.69, 9.17) is 9.84 Å². The molecule has 0 bridgehead atoms. The van der Waals surface area contributed by atoms with E-state index in [2.05, 4.69) is 17.1 Å². The largest absolute Gasteiger partial charge is 0.478 e. The molecule has 0 unspecified atom stereocenters. The van der Waals surface area contributed by atoms with Crippen molar-refractivity contribution >= 4 is 5.97 Å². The number of fused-ring (bicyclic) bond motifs is 1. The number of hydrogen-bond acceptors (Lipinski definition) is 3. The molecule has 0 saturated heterocycles. The SMILES string of the molecule is Cc1nc(Oc2ccc3c(c2)CCCC3)ccc1C(=O)O. The van der Waals surface area contributed by atoms with Crippen molar-refractivity contribution in [2.24, 2.45) is 0 Å². The molecule has 1 aliphatic rings. The number of hydrogen-bond donors (Lipinski definition) is 1. The third-order valence-corrected chi connectivity index (χ3v) is 3.83. The number of ether oxygens (including phenoxy) is 1.